The van der Waals surface area contributed by atoms with Crippen LogP contribution in [0.1, 0.15) is 0 Å². The van der Waals surface area contributed by atoms with Gasteiger partial charge in [0, 0.05) is 0 Å². The lowest BCUT2D eigenvalue weighted by atomic mass is 10.00. The molecule has 1 heterocycles. The fraction of sp³-hybridized carbons (Fsp3) is 0.857. The Balaban J connectivity index is 0.000000583. The SMILES string of the molecule is N=C=S.OC[C@H]1OC(O)[C@H](O)[C@@H](O)[C@@H]1O. The Hall–Kier alpha value is -0.440. The molecular weight excluding hydrogens is 226 g/mol. The maximum atomic E-state index is 9.12. The lowest BCUT2D eigenvalue weighted by Crippen LogP contribution is -2.58. The topological polar surface area (TPSA) is 134 Å². The van der Waals surface area contributed by atoms with E-state index in [-0.39, 0.29) is 0 Å². The van der Waals surface area contributed by atoms with Gasteiger partial charge in [0.2, 0.25) is 0 Å². The molecule has 0 bridgehead atoms. The van der Waals surface area contributed by atoms with Gasteiger partial charge in [0.15, 0.2) is 6.29 Å². The highest BCUT2D eigenvalue weighted by atomic mass is 32.1. The lowest BCUT2D eigenvalue weighted by molar-refractivity contribution is -0.286. The first-order valence-electron chi connectivity index (χ1n) is 4.02. The Labute approximate surface area is 91.1 Å². The highest BCUT2D eigenvalue weighted by Gasteiger charge is 2.42. The van der Waals surface area contributed by atoms with Gasteiger partial charge < -0.3 is 30.3 Å². The number of nitrogens with one attached hydrogen (secondary N) is 1. The summed E-state index contributed by atoms with van der Waals surface area (Å²) >= 11 is 3.81. The van der Waals surface area contributed by atoms with Crippen LogP contribution in [0, 0.1) is 5.41 Å². The summed E-state index contributed by atoms with van der Waals surface area (Å²) in [7, 11) is 0. The number of aliphatic hydroxyl groups excluding tert-OH is 5. The number of ether oxygens (including phenoxy) is 1. The van der Waals surface area contributed by atoms with E-state index in [9.17, 15) is 0 Å². The molecule has 8 heteroatoms. The van der Waals surface area contributed by atoms with Gasteiger partial charge in [-0.15, -0.1) is 0 Å². The zero-order valence-corrected chi connectivity index (χ0v) is 8.46. The molecule has 0 amide bonds. The average molecular weight is 239 g/mol. The maximum Gasteiger partial charge on any atom is 0.184 e. The first-order valence-corrected chi connectivity index (χ1v) is 4.42. The molecule has 0 aromatic rings. The standard InChI is InChI=1S/C6H12O6.CHNS/c7-1-2-3(8)4(9)5(10)6(11)12-2;2-1-3/h2-11H,1H2;2H/t2-,3-,4+,5-,6?;/m1./s1. The number of thiocarbonyl (C=S) groups is 1. The zero-order valence-electron chi connectivity index (χ0n) is 7.65. The van der Waals surface area contributed by atoms with Crippen LogP contribution >= 0.6 is 12.2 Å². The van der Waals surface area contributed by atoms with Crippen molar-refractivity contribution in [2.24, 2.45) is 0 Å². The highest BCUT2D eigenvalue weighted by Crippen LogP contribution is 2.18. The third-order valence-corrected chi connectivity index (χ3v) is 1.87. The van der Waals surface area contributed by atoms with E-state index in [2.05, 4.69) is 17.0 Å². The summed E-state index contributed by atoms with van der Waals surface area (Å²) in [6.45, 7) is -0.526. The Morgan fingerprint density at radius 2 is 1.60 bits per heavy atom. The van der Waals surface area contributed by atoms with E-state index in [1.807, 2.05) is 0 Å². The van der Waals surface area contributed by atoms with Crippen molar-refractivity contribution >= 4 is 17.4 Å². The van der Waals surface area contributed by atoms with E-state index in [1.54, 1.807) is 5.16 Å². The molecule has 1 fully saturated rings. The van der Waals surface area contributed by atoms with E-state index in [1.165, 1.54) is 0 Å². The summed E-state index contributed by atoms with van der Waals surface area (Å²) in [4.78, 5) is 0. The molecule has 5 atom stereocenters. The number of isothiocyanates is 1. The minimum atomic E-state index is -1.57. The Bertz CT molecular complexity index is 217. The van der Waals surface area contributed by atoms with Crippen LogP contribution in [0.5, 0.6) is 0 Å². The molecule has 1 saturated heterocycles. The third kappa shape index (κ3) is 3.90. The van der Waals surface area contributed by atoms with E-state index < -0.39 is 37.3 Å². The van der Waals surface area contributed by atoms with Gasteiger partial charge in [-0.25, -0.2) is 5.41 Å². The molecule has 1 unspecified atom stereocenters. The lowest BCUT2D eigenvalue weighted by Gasteiger charge is -2.37. The van der Waals surface area contributed by atoms with Crippen LogP contribution in [0.3, 0.4) is 0 Å². The van der Waals surface area contributed by atoms with E-state index in [0.29, 0.717) is 0 Å². The summed E-state index contributed by atoms with van der Waals surface area (Å²) < 4.78 is 4.58. The molecule has 15 heavy (non-hydrogen) atoms. The van der Waals surface area contributed by atoms with Crippen molar-refractivity contribution in [3.05, 3.63) is 0 Å². The molecule has 6 N–H and O–H groups in total. The van der Waals surface area contributed by atoms with Crippen LogP contribution in [0.15, 0.2) is 0 Å². The predicted octanol–water partition coefficient (Wildman–Crippen LogP) is -2.55. The van der Waals surface area contributed by atoms with Crippen molar-refractivity contribution in [1.82, 2.24) is 0 Å². The van der Waals surface area contributed by atoms with Gasteiger partial charge in [0.05, 0.1) is 11.8 Å². The van der Waals surface area contributed by atoms with Crippen molar-refractivity contribution in [2.45, 2.75) is 30.7 Å². The van der Waals surface area contributed by atoms with Crippen LogP contribution in [0.4, 0.5) is 0 Å². The van der Waals surface area contributed by atoms with Gasteiger partial charge in [-0.2, -0.15) is 0 Å². The van der Waals surface area contributed by atoms with E-state index in [4.69, 9.17) is 30.9 Å². The van der Waals surface area contributed by atoms with Gasteiger partial charge in [-0.05, 0) is 12.2 Å². The summed E-state index contributed by atoms with van der Waals surface area (Å²) in [6, 6.07) is 0. The van der Waals surface area contributed by atoms with Crippen molar-refractivity contribution < 1.29 is 30.3 Å². The van der Waals surface area contributed by atoms with Crippen LogP contribution in [-0.4, -0.2) is 68.0 Å². The summed E-state index contributed by atoms with van der Waals surface area (Å²) in [6.07, 6.45) is -7.04. The zero-order chi connectivity index (χ0) is 12.0. The molecule has 0 spiro atoms. The second-order valence-electron chi connectivity index (χ2n) is 2.82. The quantitative estimate of drug-likeness (QED) is 0.219. The summed E-state index contributed by atoms with van der Waals surface area (Å²) in [5.41, 5.74) is 0. The van der Waals surface area contributed by atoms with Crippen LogP contribution in [-0.2, 0) is 4.74 Å². The molecule has 0 saturated carbocycles. The van der Waals surface area contributed by atoms with Gasteiger partial charge in [0.1, 0.15) is 24.4 Å². The second kappa shape index (κ2) is 6.94. The maximum absolute atomic E-state index is 9.12. The molecule has 0 aromatic carbocycles. The van der Waals surface area contributed by atoms with Gasteiger partial charge >= 0.3 is 0 Å². The average Bonchev–Trinajstić information content (AvgIpc) is 2.21. The Morgan fingerprint density at radius 3 is 2.00 bits per heavy atom. The fourth-order valence-corrected chi connectivity index (χ4v) is 1.08. The largest absolute Gasteiger partial charge is 0.394 e. The highest BCUT2D eigenvalue weighted by molar-refractivity contribution is 7.78. The second-order valence-corrected chi connectivity index (χ2v) is 3.03. The number of aliphatic hydroxyl groups is 5. The predicted molar refractivity (Wildman–Crippen MR) is 51.3 cm³/mol. The summed E-state index contributed by atoms with van der Waals surface area (Å²) in [5, 5.41) is 52.0. The fourth-order valence-electron chi connectivity index (χ4n) is 1.08. The molecular formula is C7H13NO6S. The smallest absolute Gasteiger partial charge is 0.184 e. The normalized spacial score (nSPS) is 39.9. The molecule has 0 aliphatic carbocycles. The first kappa shape index (κ1) is 14.6. The molecule has 1 rings (SSSR count). The molecule has 88 valence electrons. The molecule has 1 aliphatic heterocycles. The van der Waals surface area contributed by atoms with Crippen LogP contribution < -0.4 is 0 Å². The molecule has 1 aliphatic rings. The summed E-state index contributed by atoms with van der Waals surface area (Å²) in [5.74, 6) is 0. The minimum Gasteiger partial charge on any atom is -0.394 e. The molecule has 0 radical (unpaired) electrons. The molecule has 7 nitrogen and oxygen atoms in total. The Kier molecular flexibility index (Phi) is 6.73. The van der Waals surface area contributed by atoms with Gasteiger partial charge in [-0.3, -0.25) is 0 Å². The van der Waals surface area contributed by atoms with E-state index >= 15 is 0 Å². The number of hydrogen-bond donors (Lipinski definition) is 6. The van der Waals surface area contributed by atoms with E-state index in [0.717, 1.165) is 0 Å². The van der Waals surface area contributed by atoms with Crippen LogP contribution in [0.25, 0.3) is 0 Å². The Morgan fingerprint density at radius 1 is 1.13 bits per heavy atom. The number of hydrogen-bond acceptors (Lipinski definition) is 8. The van der Waals surface area contributed by atoms with Crippen molar-refractivity contribution in [1.29, 1.82) is 5.41 Å². The monoisotopic (exact) mass is 239 g/mol. The van der Waals surface area contributed by atoms with Gasteiger partial charge in [-0.1, -0.05) is 0 Å². The van der Waals surface area contributed by atoms with Crippen LogP contribution in [0.2, 0.25) is 0 Å². The number of rotatable bonds is 1. The van der Waals surface area contributed by atoms with Crippen molar-refractivity contribution in [3.8, 4) is 0 Å². The minimum absolute atomic E-state index is 0.526. The van der Waals surface area contributed by atoms with Crippen molar-refractivity contribution in [3.63, 3.8) is 0 Å². The molecule has 0 aromatic heterocycles. The van der Waals surface area contributed by atoms with Gasteiger partial charge in [0.25, 0.3) is 0 Å². The first-order chi connectivity index (χ1) is 6.99. The third-order valence-electron chi connectivity index (χ3n) is 1.87. The van der Waals surface area contributed by atoms with Crippen molar-refractivity contribution in [2.75, 3.05) is 6.61 Å².